The van der Waals surface area contributed by atoms with Crippen LogP contribution in [0.1, 0.15) is 12.8 Å². The highest BCUT2D eigenvalue weighted by Gasteiger charge is 2.43. The van der Waals surface area contributed by atoms with Crippen molar-refractivity contribution < 1.29 is 18.3 Å². The molecule has 3 N–H and O–H groups in total. The lowest BCUT2D eigenvalue weighted by Gasteiger charge is -2.34. The molecule has 1 saturated heterocycles. The van der Waals surface area contributed by atoms with Gasteiger partial charge in [-0.25, -0.2) is 8.78 Å². The van der Waals surface area contributed by atoms with Crippen molar-refractivity contribution in [1.29, 1.82) is 0 Å². The second kappa shape index (κ2) is 5.80. The minimum atomic E-state index is -1.12. The number of anilines is 1. The summed E-state index contributed by atoms with van der Waals surface area (Å²) < 4.78 is 32.3. The van der Waals surface area contributed by atoms with Gasteiger partial charge < -0.3 is 15.8 Å². The summed E-state index contributed by atoms with van der Waals surface area (Å²) in [5, 5.41) is 2.26. The number of ether oxygens (including phenoxy) is 1. The third-order valence-corrected chi connectivity index (χ3v) is 3.84. The van der Waals surface area contributed by atoms with Gasteiger partial charge in [-0.3, -0.25) is 4.79 Å². The standard InChI is InChI=1S/C13H14F2N2O2S/c14-8-2-1-3-9(15)10(8)17-12(18)13(11(16)20)4-6-19-7-5-13/h1-3H,4-7H2,(H2,16,20)(H,17,18). The first-order valence-electron chi connectivity index (χ1n) is 6.10. The van der Waals surface area contributed by atoms with Crippen LogP contribution in [0.4, 0.5) is 14.5 Å². The molecule has 0 unspecified atom stereocenters. The molecule has 2 rings (SSSR count). The van der Waals surface area contributed by atoms with E-state index >= 15 is 0 Å². The fraction of sp³-hybridized carbons (Fsp3) is 0.385. The first-order chi connectivity index (χ1) is 9.47. The SMILES string of the molecule is NC(=S)C1(C(=O)Nc2c(F)cccc2F)CCOCC1. The maximum absolute atomic E-state index is 13.6. The van der Waals surface area contributed by atoms with E-state index in [1.807, 2.05) is 0 Å². The molecule has 4 nitrogen and oxygen atoms in total. The highest BCUT2D eigenvalue weighted by molar-refractivity contribution is 7.80. The van der Waals surface area contributed by atoms with Gasteiger partial charge in [0.25, 0.3) is 0 Å². The van der Waals surface area contributed by atoms with Gasteiger partial charge in [0.05, 0.1) is 4.99 Å². The van der Waals surface area contributed by atoms with Crippen molar-refractivity contribution in [3.8, 4) is 0 Å². The van der Waals surface area contributed by atoms with E-state index in [2.05, 4.69) is 5.32 Å². The molecular formula is C13H14F2N2O2S. The van der Waals surface area contributed by atoms with Gasteiger partial charge in [0.1, 0.15) is 22.7 Å². The number of carbonyl (C=O) groups is 1. The molecule has 0 atom stereocenters. The van der Waals surface area contributed by atoms with E-state index in [1.165, 1.54) is 6.07 Å². The molecule has 1 amide bonds. The highest BCUT2D eigenvalue weighted by atomic mass is 32.1. The quantitative estimate of drug-likeness (QED) is 0.838. The molecule has 1 aliphatic heterocycles. The van der Waals surface area contributed by atoms with Crippen LogP contribution in [0.3, 0.4) is 0 Å². The Bertz CT molecular complexity index is 525. The first kappa shape index (κ1) is 14.8. The normalized spacial score (nSPS) is 17.5. The number of thiocarbonyl (C=S) groups is 1. The molecule has 0 spiro atoms. The lowest BCUT2D eigenvalue weighted by Crippen LogP contribution is -2.49. The van der Waals surface area contributed by atoms with Crippen LogP contribution in [-0.4, -0.2) is 24.1 Å². The summed E-state index contributed by atoms with van der Waals surface area (Å²) in [5.74, 6) is -2.29. The molecule has 0 aromatic heterocycles. The average Bonchev–Trinajstić information content (AvgIpc) is 2.43. The second-order valence-electron chi connectivity index (χ2n) is 4.61. The maximum Gasteiger partial charge on any atom is 0.237 e. The molecule has 1 fully saturated rings. The largest absolute Gasteiger partial charge is 0.392 e. The van der Waals surface area contributed by atoms with Crippen molar-refractivity contribution >= 4 is 28.8 Å². The van der Waals surface area contributed by atoms with Crippen molar-refractivity contribution in [2.75, 3.05) is 18.5 Å². The van der Waals surface area contributed by atoms with Gasteiger partial charge in [-0.15, -0.1) is 0 Å². The predicted molar refractivity (Wildman–Crippen MR) is 74.3 cm³/mol. The lowest BCUT2D eigenvalue weighted by molar-refractivity contribution is -0.126. The minimum Gasteiger partial charge on any atom is -0.392 e. The van der Waals surface area contributed by atoms with Gasteiger partial charge in [-0.2, -0.15) is 0 Å². The minimum absolute atomic E-state index is 0.00930. The van der Waals surface area contributed by atoms with Gasteiger partial charge in [0, 0.05) is 13.2 Å². The average molecular weight is 300 g/mol. The number of carbonyl (C=O) groups excluding carboxylic acids is 1. The van der Waals surface area contributed by atoms with Crippen molar-refractivity contribution in [2.24, 2.45) is 11.1 Å². The summed E-state index contributed by atoms with van der Waals surface area (Å²) >= 11 is 4.96. The van der Waals surface area contributed by atoms with E-state index in [9.17, 15) is 13.6 Å². The molecule has 108 valence electrons. The van der Waals surface area contributed by atoms with Crippen LogP contribution in [0.15, 0.2) is 18.2 Å². The van der Waals surface area contributed by atoms with Crippen LogP contribution in [0.5, 0.6) is 0 Å². The first-order valence-corrected chi connectivity index (χ1v) is 6.51. The maximum atomic E-state index is 13.6. The second-order valence-corrected chi connectivity index (χ2v) is 5.05. The van der Waals surface area contributed by atoms with E-state index in [1.54, 1.807) is 0 Å². The van der Waals surface area contributed by atoms with Crippen LogP contribution in [0.25, 0.3) is 0 Å². The van der Waals surface area contributed by atoms with Gasteiger partial charge >= 0.3 is 0 Å². The van der Waals surface area contributed by atoms with E-state index < -0.39 is 28.6 Å². The molecule has 0 radical (unpaired) electrons. The molecule has 0 aliphatic carbocycles. The number of hydrogen-bond donors (Lipinski definition) is 2. The predicted octanol–water partition coefficient (Wildman–Crippen LogP) is 1.99. The summed E-state index contributed by atoms with van der Waals surface area (Å²) in [7, 11) is 0. The molecule has 0 bridgehead atoms. The van der Waals surface area contributed by atoms with Gasteiger partial charge in [0.15, 0.2) is 0 Å². The summed E-state index contributed by atoms with van der Waals surface area (Å²) in [6.07, 6.45) is 0.592. The van der Waals surface area contributed by atoms with Crippen LogP contribution >= 0.6 is 12.2 Å². The fourth-order valence-corrected chi connectivity index (χ4v) is 2.45. The van der Waals surface area contributed by atoms with E-state index in [-0.39, 0.29) is 4.99 Å². The van der Waals surface area contributed by atoms with Crippen molar-refractivity contribution in [2.45, 2.75) is 12.8 Å². The third-order valence-electron chi connectivity index (χ3n) is 3.45. The monoisotopic (exact) mass is 300 g/mol. The summed E-state index contributed by atoms with van der Waals surface area (Å²) in [6.45, 7) is 0.648. The van der Waals surface area contributed by atoms with Crippen molar-refractivity contribution in [1.82, 2.24) is 0 Å². The molecule has 1 aliphatic rings. The number of nitrogens with two attached hydrogens (primary N) is 1. The summed E-state index contributed by atoms with van der Waals surface area (Å²) in [6, 6.07) is 3.35. The van der Waals surface area contributed by atoms with E-state index in [0.29, 0.717) is 26.1 Å². The van der Waals surface area contributed by atoms with Crippen LogP contribution in [0, 0.1) is 17.0 Å². The van der Waals surface area contributed by atoms with E-state index in [0.717, 1.165) is 12.1 Å². The van der Waals surface area contributed by atoms with Crippen LogP contribution in [0.2, 0.25) is 0 Å². The Kier molecular flexibility index (Phi) is 4.29. The topological polar surface area (TPSA) is 64.4 Å². The summed E-state index contributed by atoms with van der Waals surface area (Å²) in [4.78, 5) is 12.4. The van der Waals surface area contributed by atoms with Crippen LogP contribution in [-0.2, 0) is 9.53 Å². The zero-order valence-corrected chi connectivity index (χ0v) is 11.4. The Hall–Kier alpha value is -1.60. The smallest absolute Gasteiger partial charge is 0.237 e. The molecule has 1 heterocycles. The zero-order valence-electron chi connectivity index (χ0n) is 10.6. The summed E-state index contributed by atoms with van der Waals surface area (Å²) in [5.41, 5.74) is 4.05. The molecule has 1 aromatic carbocycles. The molecule has 20 heavy (non-hydrogen) atoms. The van der Waals surface area contributed by atoms with E-state index in [4.69, 9.17) is 22.7 Å². The molecule has 7 heteroatoms. The fourth-order valence-electron chi connectivity index (χ4n) is 2.16. The molecule has 1 aromatic rings. The zero-order chi connectivity index (χ0) is 14.8. The van der Waals surface area contributed by atoms with Crippen LogP contribution < -0.4 is 11.1 Å². The van der Waals surface area contributed by atoms with Gasteiger partial charge in [-0.05, 0) is 25.0 Å². The molecular weight excluding hydrogens is 286 g/mol. The Balaban J connectivity index is 2.28. The number of halogens is 2. The number of nitrogens with one attached hydrogen (secondary N) is 1. The number of rotatable bonds is 3. The Morgan fingerprint density at radius 2 is 1.85 bits per heavy atom. The highest BCUT2D eigenvalue weighted by Crippen LogP contribution is 2.33. The Labute approximate surface area is 120 Å². The van der Waals surface area contributed by atoms with Crippen molar-refractivity contribution in [3.05, 3.63) is 29.8 Å². The van der Waals surface area contributed by atoms with Gasteiger partial charge in [0.2, 0.25) is 5.91 Å². The lowest BCUT2D eigenvalue weighted by atomic mass is 9.79. The third kappa shape index (κ3) is 2.64. The number of benzene rings is 1. The Morgan fingerprint density at radius 3 is 2.35 bits per heavy atom. The number of amides is 1. The number of hydrogen-bond acceptors (Lipinski definition) is 3. The Morgan fingerprint density at radius 1 is 1.30 bits per heavy atom. The van der Waals surface area contributed by atoms with Gasteiger partial charge in [-0.1, -0.05) is 18.3 Å². The molecule has 0 saturated carbocycles. The van der Waals surface area contributed by atoms with Crippen molar-refractivity contribution in [3.63, 3.8) is 0 Å². The number of para-hydroxylation sites is 1.